The molecule has 2 atom stereocenters. The van der Waals surface area contributed by atoms with Crippen molar-refractivity contribution in [3.05, 3.63) is 82.2 Å². The van der Waals surface area contributed by atoms with E-state index in [0.717, 1.165) is 11.1 Å². The monoisotopic (exact) mass is 368 g/mol. The third-order valence-electron chi connectivity index (χ3n) is 4.29. The van der Waals surface area contributed by atoms with Crippen molar-refractivity contribution in [3.63, 3.8) is 0 Å². The minimum atomic E-state index is -1.07. The number of carboxylic acids is 1. The van der Waals surface area contributed by atoms with Crippen molar-refractivity contribution in [1.29, 1.82) is 0 Å². The first kappa shape index (κ1) is 20.5. The number of carboxylic acid groups (broad SMARTS) is 1. The predicted octanol–water partition coefficient (Wildman–Crippen LogP) is 3.59. The molecule has 0 fully saturated rings. The van der Waals surface area contributed by atoms with Gasteiger partial charge in [0, 0.05) is 24.5 Å². The molecule has 2 rings (SSSR count). The van der Waals surface area contributed by atoms with Gasteiger partial charge in [0.1, 0.15) is 6.04 Å². The molecule has 0 saturated carbocycles. The lowest BCUT2D eigenvalue weighted by Crippen LogP contribution is -2.48. The highest BCUT2D eigenvalue weighted by atomic mass is 16.4. The number of carbonyl (C=O) groups is 1. The zero-order chi connectivity index (χ0) is 19.5. The molecule has 2 N–H and O–H groups in total. The quantitative estimate of drug-likeness (QED) is 0.273. The lowest BCUT2D eigenvalue weighted by atomic mass is 10.0. The molecule has 0 aliphatic heterocycles. The van der Waals surface area contributed by atoms with Crippen LogP contribution in [0.3, 0.4) is 0 Å². The van der Waals surface area contributed by atoms with E-state index in [2.05, 4.69) is 10.0 Å². The Bertz CT molecular complexity index is 707. The van der Waals surface area contributed by atoms with Crippen molar-refractivity contribution in [2.75, 3.05) is 6.54 Å². The molecule has 2 unspecified atom stereocenters. The van der Waals surface area contributed by atoms with Crippen LogP contribution in [-0.2, 0) is 17.9 Å². The van der Waals surface area contributed by atoms with Gasteiger partial charge in [-0.2, -0.15) is 0 Å². The van der Waals surface area contributed by atoms with Crippen LogP contribution >= 0.6 is 0 Å². The maximum Gasteiger partial charge on any atom is 0.323 e. The molecule has 0 aliphatic carbocycles. The van der Waals surface area contributed by atoms with E-state index in [0.29, 0.717) is 19.5 Å². The van der Waals surface area contributed by atoms with Crippen molar-refractivity contribution in [2.24, 2.45) is 5.11 Å². The Balaban J connectivity index is 2.20. The van der Waals surface area contributed by atoms with Gasteiger partial charge in [-0.15, -0.1) is 0 Å². The van der Waals surface area contributed by atoms with Gasteiger partial charge in [0.25, 0.3) is 0 Å². The van der Waals surface area contributed by atoms with Crippen LogP contribution in [0.1, 0.15) is 24.0 Å². The fourth-order valence-corrected chi connectivity index (χ4v) is 3.03. The average Bonchev–Trinajstić information content (AvgIpc) is 2.67. The largest absolute Gasteiger partial charge is 0.480 e. The van der Waals surface area contributed by atoms with E-state index in [4.69, 9.17) is 5.53 Å². The number of azide groups is 1. The number of nitrogens with zero attached hydrogens (tertiary/aromatic N) is 4. The van der Waals surface area contributed by atoms with Crippen molar-refractivity contribution in [1.82, 2.24) is 4.90 Å². The molecule has 0 aromatic heterocycles. The molecule has 0 aliphatic rings. The van der Waals surface area contributed by atoms with Gasteiger partial charge in [-0.1, -0.05) is 65.8 Å². The molecular weight excluding hydrogens is 344 g/mol. The number of hydrogen-bond donors (Lipinski definition) is 2. The van der Waals surface area contributed by atoms with Crippen LogP contribution in [0.4, 0.5) is 0 Å². The third-order valence-corrected chi connectivity index (χ3v) is 4.29. The van der Waals surface area contributed by atoms with E-state index in [1.807, 2.05) is 60.7 Å². The normalized spacial score (nSPS) is 13.0. The molecule has 0 radical (unpaired) electrons. The van der Waals surface area contributed by atoms with E-state index in [1.54, 1.807) is 4.90 Å². The van der Waals surface area contributed by atoms with E-state index < -0.39 is 18.1 Å². The molecule has 0 bridgehead atoms. The second-order valence-electron chi connectivity index (χ2n) is 6.32. The standard InChI is InChI=1S/C20H24N4O3/c21-23-22-13-7-12-18(25)19(20(26)27)24(14-16-8-3-1-4-9-16)15-17-10-5-2-6-11-17/h1-6,8-11,18-19,25H,7,12-15H2,(H,26,27). The summed E-state index contributed by atoms with van der Waals surface area (Å²) in [5, 5.41) is 23.8. The van der Waals surface area contributed by atoms with Gasteiger partial charge in [0.05, 0.1) is 6.10 Å². The smallest absolute Gasteiger partial charge is 0.323 e. The van der Waals surface area contributed by atoms with Crippen LogP contribution in [-0.4, -0.2) is 39.8 Å². The minimum Gasteiger partial charge on any atom is -0.480 e. The maximum atomic E-state index is 12.0. The summed E-state index contributed by atoms with van der Waals surface area (Å²) in [7, 11) is 0. The zero-order valence-corrected chi connectivity index (χ0v) is 15.1. The molecular formula is C20H24N4O3. The van der Waals surface area contributed by atoms with E-state index in [1.165, 1.54) is 0 Å². The summed E-state index contributed by atoms with van der Waals surface area (Å²) >= 11 is 0. The van der Waals surface area contributed by atoms with Crippen LogP contribution < -0.4 is 0 Å². The van der Waals surface area contributed by atoms with Crippen molar-refractivity contribution in [3.8, 4) is 0 Å². The van der Waals surface area contributed by atoms with Gasteiger partial charge in [0.15, 0.2) is 0 Å². The lowest BCUT2D eigenvalue weighted by molar-refractivity contribution is -0.149. The third kappa shape index (κ3) is 6.75. The van der Waals surface area contributed by atoms with Gasteiger partial charge < -0.3 is 10.2 Å². The summed E-state index contributed by atoms with van der Waals surface area (Å²) in [6.45, 7) is 1.04. The number of aliphatic hydroxyl groups is 1. The second kappa shape index (κ2) is 11.0. The minimum absolute atomic E-state index is 0.233. The van der Waals surface area contributed by atoms with Crippen molar-refractivity contribution < 1.29 is 15.0 Å². The van der Waals surface area contributed by atoms with Crippen LogP contribution in [0.2, 0.25) is 0 Å². The van der Waals surface area contributed by atoms with E-state index in [-0.39, 0.29) is 13.0 Å². The highest BCUT2D eigenvalue weighted by Crippen LogP contribution is 2.18. The number of rotatable bonds is 11. The molecule has 0 saturated heterocycles. The predicted molar refractivity (Wildman–Crippen MR) is 103 cm³/mol. The first-order chi connectivity index (χ1) is 13.1. The summed E-state index contributed by atoms with van der Waals surface area (Å²) < 4.78 is 0. The van der Waals surface area contributed by atoms with Crippen LogP contribution in [0.5, 0.6) is 0 Å². The summed E-state index contributed by atoms with van der Waals surface area (Å²) in [6.07, 6.45) is -0.390. The topological polar surface area (TPSA) is 110 Å². The first-order valence-corrected chi connectivity index (χ1v) is 8.85. The molecule has 7 heteroatoms. The Labute approximate surface area is 158 Å². The molecule has 2 aromatic carbocycles. The summed E-state index contributed by atoms with van der Waals surface area (Å²) in [5.41, 5.74) is 10.3. The SMILES string of the molecule is [N-]=[N+]=NCCCC(O)C(C(=O)O)N(Cc1ccccc1)Cc1ccccc1. The lowest BCUT2D eigenvalue weighted by Gasteiger charge is -2.32. The van der Waals surface area contributed by atoms with Crippen LogP contribution in [0, 0.1) is 0 Å². The maximum absolute atomic E-state index is 12.0. The van der Waals surface area contributed by atoms with Crippen LogP contribution in [0.15, 0.2) is 65.8 Å². The Morgan fingerprint density at radius 3 is 2.00 bits per heavy atom. The summed E-state index contributed by atoms with van der Waals surface area (Å²) in [6, 6.07) is 18.1. The number of aliphatic carboxylic acids is 1. The number of aliphatic hydroxyl groups excluding tert-OH is 1. The van der Waals surface area contributed by atoms with Gasteiger partial charge in [-0.25, -0.2) is 0 Å². The fraction of sp³-hybridized carbons (Fsp3) is 0.350. The van der Waals surface area contributed by atoms with E-state index in [9.17, 15) is 15.0 Å². The number of benzene rings is 2. The van der Waals surface area contributed by atoms with Crippen molar-refractivity contribution in [2.45, 2.75) is 38.1 Å². The Hall–Kier alpha value is -2.86. The highest BCUT2D eigenvalue weighted by molar-refractivity contribution is 5.74. The van der Waals surface area contributed by atoms with E-state index >= 15 is 0 Å². The number of hydrogen-bond acceptors (Lipinski definition) is 4. The van der Waals surface area contributed by atoms with Gasteiger partial charge >= 0.3 is 5.97 Å². The molecule has 2 aromatic rings. The molecule has 142 valence electrons. The van der Waals surface area contributed by atoms with Gasteiger partial charge in [0.2, 0.25) is 0 Å². The first-order valence-electron chi connectivity index (χ1n) is 8.85. The summed E-state index contributed by atoms with van der Waals surface area (Å²) in [4.78, 5) is 16.4. The van der Waals surface area contributed by atoms with Gasteiger partial charge in [-0.05, 0) is 29.5 Å². The van der Waals surface area contributed by atoms with Gasteiger partial charge in [-0.3, -0.25) is 9.69 Å². The zero-order valence-electron chi connectivity index (χ0n) is 15.1. The van der Waals surface area contributed by atoms with Crippen molar-refractivity contribution >= 4 is 5.97 Å². The Morgan fingerprint density at radius 2 is 1.56 bits per heavy atom. The molecule has 0 heterocycles. The molecule has 27 heavy (non-hydrogen) atoms. The van der Waals surface area contributed by atoms with Crippen LogP contribution in [0.25, 0.3) is 10.4 Å². The fourth-order valence-electron chi connectivity index (χ4n) is 3.03. The average molecular weight is 368 g/mol. The molecule has 7 nitrogen and oxygen atoms in total. The highest BCUT2D eigenvalue weighted by Gasteiger charge is 2.32. The Morgan fingerprint density at radius 1 is 1.04 bits per heavy atom. The second-order valence-corrected chi connectivity index (χ2v) is 6.32. The molecule has 0 spiro atoms. The summed E-state index contributed by atoms with van der Waals surface area (Å²) in [5.74, 6) is -1.07. The molecule has 0 amide bonds. The Kier molecular flexibility index (Phi) is 8.32.